The number of fused-ring (bicyclic) bond motifs is 4. The molecule has 3 nitrogen and oxygen atoms in total. The number of thiazole rings is 1. The topological polar surface area (TPSA) is 16.4 Å². The number of rotatable bonds is 5. The smallest absolute Gasteiger partial charge is 0.262 e. The lowest BCUT2D eigenvalue weighted by molar-refractivity contribution is -0.665. The van der Waals surface area contributed by atoms with Crippen molar-refractivity contribution in [3.8, 4) is 5.75 Å². The zero-order valence-corrected chi connectivity index (χ0v) is 24.9. The van der Waals surface area contributed by atoms with Gasteiger partial charge in [0.05, 0.1) is 5.69 Å². The van der Waals surface area contributed by atoms with E-state index < -0.39 is 0 Å². The largest absolute Gasteiger partial charge is 0.439 e. The van der Waals surface area contributed by atoms with Crippen molar-refractivity contribution in [2.75, 3.05) is 11.4 Å². The minimum Gasteiger partial charge on any atom is -0.439 e. The van der Waals surface area contributed by atoms with Crippen LogP contribution in [-0.2, 0) is 6.54 Å². The summed E-state index contributed by atoms with van der Waals surface area (Å²) in [6.45, 7) is 6.13. The van der Waals surface area contributed by atoms with Crippen molar-refractivity contribution in [2.24, 2.45) is 0 Å². The van der Waals surface area contributed by atoms with Crippen molar-refractivity contribution in [1.29, 1.82) is 0 Å². The van der Waals surface area contributed by atoms with Crippen molar-refractivity contribution in [3.05, 3.63) is 118 Å². The van der Waals surface area contributed by atoms with E-state index in [2.05, 4.69) is 120 Å². The van der Waals surface area contributed by atoms with E-state index in [1.807, 2.05) is 11.3 Å². The molecule has 5 aromatic rings. The van der Waals surface area contributed by atoms with Gasteiger partial charge in [-0.1, -0.05) is 83.6 Å². The fraction of sp³-hybridized carbons (Fsp3) is 0.194. The van der Waals surface area contributed by atoms with Gasteiger partial charge in [-0.05, 0) is 90.1 Å². The van der Waals surface area contributed by atoms with Crippen LogP contribution in [0.25, 0.3) is 37.8 Å². The molecule has 1 aromatic heterocycles. The maximum atomic E-state index is 7.03. The van der Waals surface area contributed by atoms with Crippen LogP contribution in [0.3, 0.4) is 0 Å². The lowest BCUT2D eigenvalue weighted by Crippen LogP contribution is -2.33. The first-order chi connectivity index (χ1) is 20.1. The fourth-order valence-corrected chi connectivity index (χ4v) is 7.50. The first-order valence-corrected chi connectivity index (χ1v) is 15.6. The van der Waals surface area contributed by atoms with Gasteiger partial charge in [-0.15, -0.1) is 0 Å². The molecule has 41 heavy (non-hydrogen) atoms. The van der Waals surface area contributed by atoms with Gasteiger partial charge in [-0.2, -0.15) is 4.57 Å². The second kappa shape index (κ2) is 10.8. The molecule has 0 amide bonds. The summed E-state index contributed by atoms with van der Waals surface area (Å²) in [6, 6.07) is 26.0. The molecule has 5 heteroatoms. The molecule has 2 aliphatic rings. The van der Waals surface area contributed by atoms with E-state index >= 15 is 0 Å². The zero-order valence-electron chi connectivity index (χ0n) is 23.4. The quantitative estimate of drug-likeness (QED) is 0.194. The lowest BCUT2D eigenvalue weighted by atomic mass is 9.94. The number of halogens is 1. The zero-order chi connectivity index (χ0) is 27.9. The Morgan fingerprint density at radius 3 is 2.32 bits per heavy atom. The van der Waals surface area contributed by atoms with Crippen molar-refractivity contribution >= 4 is 66.5 Å². The van der Waals surface area contributed by atoms with E-state index in [1.165, 1.54) is 42.3 Å². The summed E-state index contributed by atoms with van der Waals surface area (Å²) in [7, 11) is 0. The van der Waals surface area contributed by atoms with Crippen LogP contribution >= 0.6 is 22.9 Å². The molecule has 0 spiro atoms. The molecular formula is C36H32ClN2OS+. The summed E-state index contributed by atoms with van der Waals surface area (Å²) in [6.07, 6.45) is 11.7. The van der Waals surface area contributed by atoms with E-state index in [-0.39, 0.29) is 0 Å². The van der Waals surface area contributed by atoms with Gasteiger partial charge < -0.3 is 9.64 Å². The van der Waals surface area contributed by atoms with Gasteiger partial charge >= 0.3 is 0 Å². The summed E-state index contributed by atoms with van der Waals surface area (Å²) in [5, 5.41) is 7.08. The van der Waals surface area contributed by atoms with Crippen LogP contribution in [0.2, 0.25) is 0 Å². The van der Waals surface area contributed by atoms with E-state index in [9.17, 15) is 0 Å². The fourth-order valence-electron chi connectivity index (χ4n) is 6.03. The molecule has 204 valence electrons. The Balaban J connectivity index is 1.19. The van der Waals surface area contributed by atoms with Crippen LogP contribution in [0.5, 0.6) is 5.75 Å². The Bertz CT molecular complexity index is 1940. The SMILES string of the molecule is CCN1/C(=C/C=C2\CCCC(/C=C/c3sc4cc5ccccc5cc4[n+]3CC)=C2Cl)Oc2cc3ccccc3cc21. The minimum absolute atomic E-state index is 0.833. The predicted octanol–water partition coefficient (Wildman–Crippen LogP) is 9.89. The number of allylic oxidation sites excluding steroid dienone is 6. The Hall–Kier alpha value is -3.86. The number of nitrogens with zero attached hydrogens (tertiary/aromatic N) is 2. The number of hydrogen-bond acceptors (Lipinski definition) is 3. The summed E-state index contributed by atoms with van der Waals surface area (Å²) in [4.78, 5) is 2.23. The molecule has 0 radical (unpaired) electrons. The standard InChI is InChI=1S/C36H32ClN2OS/c1-3-38-30-20-26-10-5-7-12-28(26)22-32(30)40-34(38)18-16-24-14-9-15-25(36(24)37)17-19-35-39(4-2)31-21-27-11-6-8-13-29(27)23-33(31)41-35/h5-8,10-13,16-23H,3-4,9,14-15H2,1-2H3/q+1. The molecule has 0 saturated heterocycles. The number of aryl methyl sites for hydroxylation is 1. The van der Waals surface area contributed by atoms with Crippen molar-refractivity contribution in [1.82, 2.24) is 0 Å². The van der Waals surface area contributed by atoms with E-state index in [0.717, 1.165) is 60.3 Å². The molecule has 0 unspecified atom stereocenters. The van der Waals surface area contributed by atoms with Gasteiger partial charge in [0, 0.05) is 23.7 Å². The molecule has 0 bridgehead atoms. The number of anilines is 1. The Kier molecular flexibility index (Phi) is 6.90. The van der Waals surface area contributed by atoms with Gasteiger partial charge in [-0.25, -0.2) is 0 Å². The number of ether oxygens (including phenoxy) is 1. The number of hydrogen-bond donors (Lipinski definition) is 0. The average Bonchev–Trinajstić information content (AvgIpc) is 3.53. The first kappa shape index (κ1) is 26.1. The van der Waals surface area contributed by atoms with Crippen molar-refractivity contribution in [3.63, 3.8) is 0 Å². The second-order valence-electron chi connectivity index (χ2n) is 10.6. The van der Waals surface area contributed by atoms with Gasteiger partial charge in [0.15, 0.2) is 5.75 Å². The van der Waals surface area contributed by atoms with Crippen LogP contribution in [-0.4, -0.2) is 6.54 Å². The molecule has 0 fully saturated rings. The van der Waals surface area contributed by atoms with E-state index in [4.69, 9.17) is 16.3 Å². The third-order valence-electron chi connectivity index (χ3n) is 8.14. The molecule has 1 aliphatic heterocycles. The maximum Gasteiger partial charge on any atom is 0.262 e. The molecule has 2 heterocycles. The van der Waals surface area contributed by atoms with E-state index in [1.54, 1.807) is 0 Å². The Morgan fingerprint density at radius 1 is 0.878 bits per heavy atom. The maximum absolute atomic E-state index is 7.03. The molecule has 0 saturated carbocycles. The van der Waals surface area contributed by atoms with Crippen LogP contribution in [0.4, 0.5) is 5.69 Å². The van der Waals surface area contributed by atoms with Gasteiger partial charge in [0.25, 0.3) is 5.01 Å². The molecule has 7 rings (SSSR count). The number of aromatic nitrogens is 1. The second-order valence-corrected chi connectivity index (χ2v) is 12.0. The van der Waals surface area contributed by atoms with Gasteiger partial charge in [0.2, 0.25) is 11.4 Å². The summed E-state index contributed by atoms with van der Waals surface area (Å²) in [5.41, 5.74) is 4.77. The van der Waals surface area contributed by atoms with Gasteiger partial charge in [0.1, 0.15) is 11.2 Å². The highest BCUT2D eigenvalue weighted by Crippen LogP contribution is 2.42. The highest BCUT2D eigenvalue weighted by Gasteiger charge is 2.25. The molecule has 4 aromatic carbocycles. The molecule has 0 atom stereocenters. The van der Waals surface area contributed by atoms with Crippen LogP contribution < -0.4 is 14.2 Å². The molecule has 1 aliphatic carbocycles. The average molecular weight is 576 g/mol. The highest BCUT2D eigenvalue weighted by molar-refractivity contribution is 7.19. The van der Waals surface area contributed by atoms with Crippen molar-refractivity contribution in [2.45, 2.75) is 39.7 Å². The molecular weight excluding hydrogens is 544 g/mol. The summed E-state index contributed by atoms with van der Waals surface area (Å²) in [5.74, 6) is 1.75. The highest BCUT2D eigenvalue weighted by atomic mass is 35.5. The third kappa shape index (κ3) is 4.75. The van der Waals surface area contributed by atoms with Crippen LogP contribution in [0, 0.1) is 0 Å². The Labute approximate surface area is 249 Å². The van der Waals surface area contributed by atoms with Crippen molar-refractivity contribution < 1.29 is 9.30 Å². The van der Waals surface area contributed by atoms with Gasteiger partial charge in [-0.3, -0.25) is 0 Å². The van der Waals surface area contributed by atoms with Crippen LogP contribution in [0.1, 0.15) is 38.1 Å². The normalized spacial score (nSPS) is 17.6. The predicted molar refractivity (Wildman–Crippen MR) is 175 cm³/mol. The minimum atomic E-state index is 0.833. The van der Waals surface area contributed by atoms with E-state index in [0.29, 0.717) is 0 Å². The Morgan fingerprint density at radius 2 is 1.59 bits per heavy atom. The first-order valence-electron chi connectivity index (χ1n) is 14.4. The summed E-state index contributed by atoms with van der Waals surface area (Å²) >= 11 is 8.87. The number of benzene rings is 4. The van der Waals surface area contributed by atoms with Crippen LogP contribution in [0.15, 0.2) is 113 Å². The third-order valence-corrected chi connectivity index (χ3v) is 9.74. The molecule has 0 N–H and O–H groups in total. The monoisotopic (exact) mass is 575 g/mol. The lowest BCUT2D eigenvalue weighted by Gasteiger charge is -2.18. The summed E-state index contributed by atoms with van der Waals surface area (Å²) < 4.78 is 10.0.